The molecule has 0 radical (unpaired) electrons. The van der Waals surface area contributed by atoms with Crippen LogP contribution in [0.1, 0.15) is 24.1 Å². The van der Waals surface area contributed by atoms with Crippen molar-refractivity contribution in [3.63, 3.8) is 0 Å². The smallest absolute Gasteiger partial charge is 0.301 e. The maximum absolute atomic E-state index is 13.1. The number of aromatic nitrogens is 2. The van der Waals surface area contributed by atoms with Crippen molar-refractivity contribution in [1.82, 2.24) is 9.97 Å². The number of ketones is 1. The van der Waals surface area contributed by atoms with Crippen molar-refractivity contribution in [2.75, 3.05) is 18.1 Å². The summed E-state index contributed by atoms with van der Waals surface area (Å²) < 4.78 is 11.4. The van der Waals surface area contributed by atoms with E-state index in [1.54, 1.807) is 48.0 Å². The Labute approximate surface area is 194 Å². The summed E-state index contributed by atoms with van der Waals surface area (Å²) in [5, 5.41) is 13.1. The van der Waals surface area contributed by atoms with Gasteiger partial charge in [-0.3, -0.25) is 19.5 Å². The second-order valence-corrected chi connectivity index (χ2v) is 7.83. The number of Topliss-reactive ketones (excluding diaryl/α,β-unsaturated/α-hetero) is 1. The molecule has 1 aromatic carbocycles. The lowest BCUT2D eigenvalue weighted by atomic mass is 9.95. The van der Waals surface area contributed by atoms with Gasteiger partial charge >= 0.3 is 5.91 Å². The van der Waals surface area contributed by atoms with Gasteiger partial charge in [0, 0.05) is 29.5 Å². The summed E-state index contributed by atoms with van der Waals surface area (Å²) in [6.07, 6.45) is 6.17. The summed E-state index contributed by atoms with van der Waals surface area (Å²) in [4.78, 5) is 35.7. The maximum Gasteiger partial charge on any atom is 0.301 e. The molecule has 168 valence electrons. The van der Waals surface area contributed by atoms with Crippen molar-refractivity contribution in [2.24, 2.45) is 0 Å². The van der Waals surface area contributed by atoms with Crippen LogP contribution >= 0.6 is 11.3 Å². The Morgan fingerprint density at radius 3 is 2.64 bits per heavy atom. The van der Waals surface area contributed by atoms with E-state index in [0.29, 0.717) is 41.0 Å². The molecule has 1 aliphatic heterocycles. The minimum Gasteiger partial charge on any atom is -0.507 e. The van der Waals surface area contributed by atoms with Gasteiger partial charge in [0.05, 0.1) is 18.2 Å². The van der Waals surface area contributed by atoms with Crippen LogP contribution in [0.3, 0.4) is 0 Å². The van der Waals surface area contributed by atoms with Gasteiger partial charge in [-0.2, -0.15) is 0 Å². The summed E-state index contributed by atoms with van der Waals surface area (Å²) in [5.74, 6) is -0.902. The topological polar surface area (TPSA) is 102 Å². The first-order valence-corrected chi connectivity index (χ1v) is 11.1. The number of carbonyl (C=O) groups excluding carboxylic acids is 2. The molecule has 0 aliphatic carbocycles. The van der Waals surface area contributed by atoms with E-state index in [0.717, 1.165) is 0 Å². The molecule has 3 heterocycles. The number of hydrogen-bond acceptors (Lipinski definition) is 8. The number of rotatable bonds is 8. The van der Waals surface area contributed by atoms with Crippen molar-refractivity contribution in [3.05, 3.63) is 83.7 Å². The van der Waals surface area contributed by atoms with Gasteiger partial charge < -0.3 is 14.6 Å². The molecule has 1 N–H and O–H groups in total. The van der Waals surface area contributed by atoms with Crippen LogP contribution in [0.2, 0.25) is 0 Å². The predicted molar refractivity (Wildman–Crippen MR) is 124 cm³/mol. The van der Waals surface area contributed by atoms with Crippen LogP contribution < -0.4 is 14.4 Å². The van der Waals surface area contributed by atoms with Crippen molar-refractivity contribution in [2.45, 2.75) is 13.0 Å². The molecule has 1 atom stereocenters. The number of hydrogen-bond donors (Lipinski definition) is 1. The average molecular weight is 464 g/mol. The highest BCUT2D eigenvalue weighted by Crippen LogP contribution is 2.44. The van der Waals surface area contributed by atoms with Gasteiger partial charge in [0.1, 0.15) is 12.4 Å². The number of pyridine rings is 1. The first kappa shape index (κ1) is 22.2. The number of benzene rings is 1. The Bertz CT molecular complexity index is 1210. The molecule has 9 heteroatoms. The van der Waals surface area contributed by atoms with E-state index in [1.165, 1.54) is 28.6 Å². The highest BCUT2D eigenvalue weighted by molar-refractivity contribution is 7.14. The fourth-order valence-electron chi connectivity index (χ4n) is 3.58. The van der Waals surface area contributed by atoms with Gasteiger partial charge in [0.25, 0.3) is 5.78 Å². The number of anilines is 1. The van der Waals surface area contributed by atoms with E-state index in [2.05, 4.69) is 16.5 Å². The van der Waals surface area contributed by atoms with Crippen molar-refractivity contribution >= 4 is 33.9 Å². The summed E-state index contributed by atoms with van der Waals surface area (Å²) in [6, 6.07) is 7.38. The first-order valence-electron chi connectivity index (χ1n) is 10.2. The van der Waals surface area contributed by atoms with Crippen LogP contribution in [-0.4, -0.2) is 40.0 Å². The number of thiazole rings is 1. The third-order valence-corrected chi connectivity index (χ3v) is 5.73. The van der Waals surface area contributed by atoms with E-state index >= 15 is 0 Å². The Balaban J connectivity index is 1.90. The molecule has 1 aliphatic rings. The Morgan fingerprint density at radius 2 is 1.97 bits per heavy atom. The van der Waals surface area contributed by atoms with Crippen LogP contribution in [0.25, 0.3) is 5.76 Å². The molecule has 2 aromatic heterocycles. The van der Waals surface area contributed by atoms with Gasteiger partial charge in [-0.1, -0.05) is 18.7 Å². The lowest BCUT2D eigenvalue weighted by Crippen LogP contribution is -2.29. The van der Waals surface area contributed by atoms with Gasteiger partial charge in [0.15, 0.2) is 16.6 Å². The van der Waals surface area contributed by atoms with Gasteiger partial charge in [-0.25, -0.2) is 4.98 Å². The first-order chi connectivity index (χ1) is 16.1. The molecule has 8 nitrogen and oxygen atoms in total. The van der Waals surface area contributed by atoms with Crippen molar-refractivity contribution in [1.29, 1.82) is 0 Å². The van der Waals surface area contributed by atoms with Gasteiger partial charge in [-0.05, 0) is 36.8 Å². The zero-order valence-corrected chi connectivity index (χ0v) is 18.6. The fraction of sp³-hybridized carbons (Fsp3) is 0.167. The summed E-state index contributed by atoms with van der Waals surface area (Å²) >= 11 is 1.22. The number of nitrogens with zero attached hydrogens (tertiary/aromatic N) is 3. The zero-order chi connectivity index (χ0) is 23.4. The predicted octanol–water partition coefficient (Wildman–Crippen LogP) is 4.13. The molecule has 33 heavy (non-hydrogen) atoms. The summed E-state index contributed by atoms with van der Waals surface area (Å²) in [7, 11) is 0. The van der Waals surface area contributed by atoms with Crippen LogP contribution in [-0.2, 0) is 9.59 Å². The lowest BCUT2D eigenvalue weighted by Gasteiger charge is -2.24. The quantitative estimate of drug-likeness (QED) is 0.232. The van der Waals surface area contributed by atoms with E-state index in [9.17, 15) is 14.7 Å². The fourth-order valence-corrected chi connectivity index (χ4v) is 4.24. The van der Waals surface area contributed by atoms with Gasteiger partial charge in [0.2, 0.25) is 0 Å². The number of aliphatic hydroxyl groups is 1. The zero-order valence-electron chi connectivity index (χ0n) is 17.8. The molecule has 0 saturated carbocycles. The third-order valence-electron chi connectivity index (χ3n) is 4.96. The van der Waals surface area contributed by atoms with Crippen LogP contribution in [0.4, 0.5) is 5.13 Å². The minimum atomic E-state index is -0.906. The highest BCUT2D eigenvalue weighted by Gasteiger charge is 2.48. The second-order valence-electron chi connectivity index (χ2n) is 6.96. The molecule has 1 unspecified atom stereocenters. The largest absolute Gasteiger partial charge is 0.507 e. The number of aliphatic hydroxyl groups excluding tert-OH is 1. The molecule has 4 rings (SSSR count). The minimum absolute atomic E-state index is 0.0383. The Kier molecular flexibility index (Phi) is 6.50. The van der Waals surface area contributed by atoms with Crippen LogP contribution in [0, 0.1) is 0 Å². The lowest BCUT2D eigenvalue weighted by molar-refractivity contribution is -0.132. The number of amides is 1. The molecule has 1 fully saturated rings. The molecule has 0 spiro atoms. The van der Waals surface area contributed by atoms with E-state index in [4.69, 9.17) is 9.47 Å². The van der Waals surface area contributed by atoms with Crippen LogP contribution in [0.15, 0.2) is 72.5 Å². The van der Waals surface area contributed by atoms with Crippen molar-refractivity contribution in [3.8, 4) is 11.5 Å². The third kappa shape index (κ3) is 4.22. The monoisotopic (exact) mass is 463 g/mol. The highest BCUT2D eigenvalue weighted by atomic mass is 32.1. The molecule has 1 saturated heterocycles. The average Bonchev–Trinajstić information content (AvgIpc) is 3.45. The van der Waals surface area contributed by atoms with Crippen molar-refractivity contribution < 1.29 is 24.2 Å². The maximum atomic E-state index is 13.1. The Hall–Kier alpha value is -3.98. The number of ether oxygens (including phenoxy) is 2. The SMILES string of the molecule is C=CCOc1ccc(C2C(=C(O)c3ccncc3)C(=O)C(=O)N2c2nccs2)cc1OCC. The normalized spacial score (nSPS) is 17.2. The molecule has 3 aromatic rings. The molecule has 0 bridgehead atoms. The standard InChI is InChI=1S/C24H21N3O5S/c1-3-12-32-17-6-5-16(14-18(17)31-4-2)20-19(21(28)15-7-9-25-10-8-15)22(29)23(30)27(20)24-26-11-13-33-24/h3,5-11,13-14,20,28H,1,4,12H2,2H3. The summed E-state index contributed by atoms with van der Waals surface area (Å²) in [6.45, 7) is 6.17. The van der Waals surface area contributed by atoms with E-state index in [1.807, 2.05) is 6.92 Å². The molecular formula is C24H21N3O5S. The summed E-state index contributed by atoms with van der Waals surface area (Å²) in [5.41, 5.74) is 0.904. The Morgan fingerprint density at radius 1 is 1.18 bits per heavy atom. The van der Waals surface area contributed by atoms with E-state index in [-0.39, 0.29) is 11.3 Å². The van der Waals surface area contributed by atoms with E-state index < -0.39 is 17.7 Å². The van der Waals surface area contributed by atoms with Gasteiger partial charge in [-0.15, -0.1) is 11.3 Å². The second kappa shape index (κ2) is 9.66. The molecular weight excluding hydrogens is 442 g/mol. The van der Waals surface area contributed by atoms with Crippen LogP contribution in [0.5, 0.6) is 11.5 Å². The molecule has 1 amide bonds. The number of carbonyl (C=O) groups is 2.